The summed E-state index contributed by atoms with van der Waals surface area (Å²) in [5.74, 6) is 1.06. The molecule has 0 saturated heterocycles. The average molecular weight is 539 g/mol. The van der Waals surface area contributed by atoms with E-state index in [9.17, 15) is 9.59 Å². The lowest BCUT2D eigenvalue weighted by Crippen LogP contribution is -2.31. The lowest BCUT2D eigenvalue weighted by molar-refractivity contribution is 0.0950. The number of methoxy groups -OCH3 is 2. The molecule has 0 bridgehead atoms. The zero-order valence-electron chi connectivity index (χ0n) is 22.2. The molecule has 0 unspecified atom stereocenters. The minimum absolute atomic E-state index is 0.0777. The molecule has 39 heavy (non-hydrogen) atoms. The lowest BCUT2D eigenvalue weighted by Gasteiger charge is -2.24. The lowest BCUT2D eigenvalue weighted by atomic mass is 10.1. The van der Waals surface area contributed by atoms with Gasteiger partial charge in [0.2, 0.25) is 0 Å². The summed E-state index contributed by atoms with van der Waals surface area (Å²) in [5.41, 5.74) is 5.10. The van der Waals surface area contributed by atoms with Gasteiger partial charge in [-0.1, -0.05) is 54.2 Å². The number of nitrogens with zero attached hydrogens (tertiary/aromatic N) is 1. The normalized spacial score (nSPS) is 12.3. The van der Waals surface area contributed by atoms with E-state index >= 15 is 0 Å². The second-order valence-electron chi connectivity index (χ2n) is 9.29. The molecule has 6 nitrogen and oxygen atoms in total. The van der Waals surface area contributed by atoms with Gasteiger partial charge < -0.3 is 19.7 Å². The number of carbonyl (C=O) groups is 2. The highest BCUT2D eigenvalue weighted by Crippen LogP contribution is 2.42. The molecule has 1 heterocycles. The highest BCUT2D eigenvalue weighted by atomic mass is 32.2. The number of hydrogen-bond acceptors (Lipinski definition) is 5. The Bertz CT molecular complexity index is 1530. The molecular formula is C32H30N2O4S. The Labute approximate surface area is 232 Å². The molecule has 5 rings (SSSR count). The standard InChI is InChI=1S/C32H30N2O4S/c1-21-8-4-5-9-24(21)20-34-26-19-23(13-15-30(26)39-29-11-7-6-10-25(29)32(34)36)31(35)33-17-16-22-12-14-27(37-2)28(18-22)38-3/h4-15,18-19H,16-17,20H2,1-3H3,(H,33,35). The maximum absolute atomic E-state index is 13.8. The van der Waals surface area contributed by atoms with Crippen molar-refractivity contribution in [3.8, 4) is 11.5 Å². The van der Waals surface area contributed by atoms with Crippen LogP contribution in [0.5, 0.6) is 11.5 Å². The first-order valence-corrected chi connectivity index (χ1v) is 13.6. The van der Waals surface area contributed by atoms with E-state index < -0.39 is 0 Å². The van der Waals surface area contributed by atoms with Gasteiger partial charge in [-0.05, 0) is 72.5 Å². The predicted molar refractivity (Wildman–Crippen MR) is 154 cm³/mol. The highest BCUT2D eigenvalue weighted by Gasteiger charge is 2.28. The van der Waals surface area contributed by atoms with Gasteiger partial charge in [0.15, 0.2) is 11.5 Å². The van der Waals surface area contributed by atoms with Crippen molar-refractivity contribution in [3.05, 3.63) is 113 Å². The number of nitrogens with one attached hydrogen (secondary N) is 1. The number of carbonyl (C=O) groups excluding carboxylic acids is 2. The summed E-state index contributed by atoms with van der Waals surface area (Å²) in [4.78, 5) is 30.6. The molecule has 0 saturated carbocycles. The molecule has 2 amide bonds. The minimum atomic E-state index is -0.187. The number of benzene rings is 4. The Morgan fingerprint density at radius 3 is 2.44 bits per heavy atom. The van der Waals surface area contributed by atoms with E-state index in [0.717, 1.165) is 32.2 Å². The van der Waals surface area contributed by atoms with E-state index in [2.05, 4.69) is 5.32 Å². The number of fused-ring (bicyclic) bond motifs is 2. The molecule has 1 aliphatic rings. The largest absolute Gasteiger partial charge is 0.493 e. The van der Waals surface area contributed by atoms with Crippen LogP contribution in [0, 0.1) is 6.92 Å². The fourth-order valence-electron chi connectivity index (χ4n) is 4.63. The van der Waals surface area contributed by atoms with Crippen molar-refractivity contribution in [2.75, 3.05) is 25.7 Å². The third-order valence-corrected chi connectivity index (χ3v) is 7.97. The van der Waals surface area contributed by atoms with Crippen molar-refractivity contribution in [1.82, 2.24) is 5.32 Å². The van der Waals surface area contributed by atoms with Crippen LogP contribution in [0.15, 0.2) is 94.7 Å². The summed E-state index contributed by atoms with van der Waals surface area (Å²) in [7, 11) is 3.21. The molecule has 1 N–H and O–H groups in total. The van der Waals surface area contributed by atoms with Crippen LogP contribution in [-0.4, -0.2) is 32.6 Å². The van der Waals surface area contributed by atoms with E-state index in [1.807, 2.05) is 91.9 Å². The van der Waals surface area contributed by atoms with Crippen molar-refractivity contribution in [2.24, 2.45) is 0 Å². The molecule has 0 aliphatic carbocycles. The van der Waals surface area contributed by atoms with Crippen molar-refractivity contribution in [2.45, 2.75) is 29.7 Å². The van der Waals surface area contributed by atoms with Gasteiger partial charge in [0, 0.05) is 21.9 Å². The number of hydrogen-bond donors (Lipinski definition) is 1. The third-order valence-electron chi connectivity index (χ3n) is 6.83. The van der Waals surface area contributed by atoms with Crippen LogP contribution in [0.2, 0.25) is 0 Å². The van der Waals surface area contributed by atoms with Crippen molar-refractivity contribution in [1.29, 1.82) is 0 Å². The van der Waals surface area contributed by atoms with Crippen LogP contribution >= 0.6 is 11.8 Å². The Hall–Kier alpha value is -4.23. The number of amides is 2. The summed E-state index contributed by atoms with van der Waals surface area (Å²) in [6.45, 7) is 2.92. The van der Waals surface area contributed by atoms with E-state index in [1.165, 1.54) is 0 Å². The minimum Gasteiger partial charge on any atom is -0.493 e. The molecule has 0 radical (unpaired) electrons. The first-order valence-electron chi connectivity index (χ1n) is 12.7. The summed E-state index contributed by atoms with van der Waals surface area (Å²) in [6, 6.07) is 27.0. The van der Waals surface area contributed by atoms with Gasteiger partial charge in [0.1, 0.15) is 0 Å². The first-order chi connectivity index (χ1) is 19.0. The van der Waals surface area contributed by atoms with Gasteiger partial charge in [0.05, 0.1) is 32.0 Å². The smallest absolute Gasteiger partial charge is 0.259 e. The van der Waals surface area contributed by atoms with Crippen molar-refractivity contribution >= 4 is 29.3 Å². The van der Waals surface area contributed by atoms with Gasteiger partial charge in [-0.25, -0.2) is 0 Å². The van der Waals surface area contributed by atoms with Crippen LogP contribution in [0.25, 0.3) is 0 Å². The second-order valence-corrected chi connectivity index (χ2v) is 10.4. The molecule has 0 spiro atoms. The molecule has 7 heteroatoms. The predicted octanol–water partition coefficient (Wildman–Crippen LogP) is 6.30. The summed E-state index contributed by atoms with van der Waals surface area (Å²) in [6.07, 6.45) is 0.639. The fraction of sp³-hybridized carbons (Fsp3) is 0.188. The summed E-state index contributed by atoms with van der Waals surface area (Å²) >= 11 is 1.55. The monoisotopic (exact) mass is 538 g/mol. The number of aryl methyl sites for hydroxylation is 1. The maximum Gasteiger partial charge on any atom is 0.259 e. The summed E-state index contributed by atoms with van der Waals surface area (Å²) in [5, 5.41) is 3.02. The van der Waals surface area contributed by atoms with E-state index in [4.69, 9.17) is 9.47 Å². The highest BCUT2D eigenvalue weighted by molar-refractivity contribution is 7.99. The van der Waals surface area contributed by atoms with Gasteiger partial charge in [0.25, 0.3) is 11.8 Å². The van der Waals surface area contributed by atoms with Crippen molar-refractivity contribution in [3.63, 3.8) is 0 Å². The Kier molecular flexibility index (Phi) is 7.89. The Morgan fingerprint density at radius 2 is 1.64 bits per heavy atom. The SMILES string of the molecule is COc1ccc(CCNC(=O)c2ccc3c(c2)N(Cc2ccccc2C)C(=O)c2ccccc2S3)cc1OC. The molecular weight excluding hydrogens is 508 g/mol. The maximum atomic E-state index is 13.8. The van der Waals surface area contributed by atoms with E-state index in [0.29, 0.717) is 42.1 Å². The van der Waals surface area contributed by atoms with Crippen LogP contribution in [-0.2, 0) is 13.0 Å². The molecule has 0 atom stereocenters. The van der Waals surface area contributed by atoms with E-state index in [-0.39, 0.29) is 11.8 Å². The third kappa shape index (κ3) is 5.64. The molecule has 198 valence electrons. The molecule has 1 aliphatic heterocycles. The Morgan fingerprint density at radius 1 is 0.872 bits per heavy atom. The molecule has 4 aromatic carbocycles. The Balaban J connectivity index is 1.39. The number of ether oxygens (including phenoxy) is 2. The van der Waals surface area contributed by atoms with Gasteiger partial charge >= 0.3 is 0 Å². The number of anilines is 1. The molecule has 0 fully saturated rings. The fourth-order valence-corrected chi connectivity index (χ4v) is 5.69. The topological polar surface area (TPSA) is 67.9 Å². The number of rotatable bonds is 8. The second kappa shape index (κ2) is 11.7. The van der Waals surface area contributed by atoms with Gasteiger partial charge in [-0.15, -0.1) is 0 Å². The van der Waals surface area contributed by atoms with E-state index in [1.54, 1.807) is 30.9 Å². The summed E-state index contributed by atoms with van der Waals surface area (Å²) < 4.78 is 10.7. The van der Waals surface area contributed by atoms with Crippen molar-refractivity contribution < 1.29 is 19.1 Å². The zero-order valence-corrected chi connectivity index (χ0v) is 23.0. The van der Waals surface area contributed by atoms with Crippen LogP contribution in [0.1, 0.15) is 37.4 Å². The average Bonchev–Trinajstić information content (AvgIpc) is 3.07. The van der Waals surface area contributed by atoms with Crippen LogP contribution in [0.3, 0.4) is 0 Å². The molecule has 0 aromatic heterocycles. The van der Waals surface area contributed by atoms with Crippen LogP contribution < -0.4 is 19.7 Å². The first kappa shape index (κ1) is 26.4. The quantitative estimate of drug-likeness (QED) is 0.285. The zero-order chi connectivity index (χ0) is 27.4. The van der Waals surface area contributed by atoms with Gasteiger partial charge in [-0.2, -0.15) is 0 Å². The van der Waals surface area contributed by atoms with Crippen LogP contribution in [0.4, 0.5) is 5.69 Å². The molecule has 4 aromatic rings. The van der Waals surface area contributed by atoms with Gasteiger partial charge in [-0.3, -0.25) is 9.59 Å².